The zero-order chi connectivity index (χ0) is 18.7. The first kappa shape index (κ1) is 20.3. The predicted molar refractivity (Wildman–Crippen MR) is 106 cm³/mol. The second-order valence-corrected chi connectivity index (χ2v) is 9.32. The Morgan fingerprint density at radius 2 is 1.44 bits per heavy atom. The molecule has 0 heterocycles. The van der Waals surface area contributed by atoms with Crippen LogP contribution in [-0.4, -0.2) is 25.9 Å². The fourth-order valence-corrected chi connectivity index (χ4v) is 3.52. The summed E-state index contributed by atoms with van der Waals surface area (Å²) in [6.45, 7) is 13.1. The average Bonchev–Trinajstić information content (AvgIpc) is 2.52. The molecular formula is C21H35BO3. The molecule has 1 saturated carbocycles. The van der Waals surface area contributed by atoms with E-state index in [-0.39, 0.29) is 12.7 Å². The minimum Gasteiger partial charge on any atom is -0.490 e. The van der Waals surface area contributed by atoms with Gasteiger partial charge in [0.1, 0.15) is 5.75 Å². The van der Waals surface area contributed by atoms with Crippen LogP contribution in [0.5, 0.6) is 5.75 Å². The quantitative estimate of drug-likeness (QED) is 0.715. The summed E-state index contributed by atoms with van der Waals surface area (Å²) in [4.78, 5) is 0. The highest BCUT2D eigenvalue weighted by atomic mass is 16.6. The second kappa shape index (κ2) is 8.13. The summed E-state index contributed by atoms with van der Waals surface area (Å²) in [5.41, 5.74) is 1.18. The summed E-state index contributed by atoms with van der Waals surface area (Å²) in [5, 5.41) is 0. The summed E-state index contributed by atoms with van der Waals surface area (Å²) < 4.78 is 17.6. The number of hydrogen-bond donors (Lipinski definition) is 0. The van der Waals surface area contributed by atoms with E-state index >= 15 is 0 Å². The Morgan fingerprint density at radius 3 is 1.88 bits per heavy atom. The number of benzene rings is 1. The standard InChI is InChI=1S/C21H35BO3/c1-20(2,3)16-8-12-18(13-9-16)24-19-14-10-17(11-15-19)22(23-7)25-21(4,5)6/h10-11,14-16,18H,8-9,12-13H2,1-7H3/t16-,18-. The van der Waals surface area contributed by atoms with Gasteiger partial charge in [-0.3, -0.25) is 0 Å². The van der Waals surface area contributed by atoms with Gasteiger partial charge in [0.2, 0.25) is 0 Å². The van der Waals surface area contributed by atoms with Gasteiger partial charge in [-0.1, -0.05) is 32.9 Å². The fourth-order valence-electron chi connectivity index (χ4n) is 3.52. The molecule has 0 saturated heterocycles. The molecule has 0 atom stereocenters. The molecule has 0 aromatic heterocycles. The predicted octanol–water partition coefficient (Wildman–Crippen LogP) is 4.83. The molecule has 2 rings (SSSR count). The van der Waals surface area contributed by atoms with Gasteiger partial charge >= 0.3 is 7.12 Å². The summed E-state index contributed by atoms with van der Waals surface area (Å²) in [5.74, 6) is 1.75. The number of hydrogen-bond acceptors (Lipinski definition) is 3. The van der Waals surface area contributed by atoms with E-state index in [1.165, 1.54) is 12.8 Å². The van der Waals surface area contributed by atoms with Crippen LogP contribution in [0, 0.1) is 11.3 Å². The smallest absolute Gasteiger partial charge is 0.490 e. The van der Waals surface area contributed by atoms with Crippen molar-refractivity contribution >= 4 is 12.6 Å². The lowest BCUT2D eigenvalue weighted by Gasteiger charge is -2.37. The Morgan fingerprint density at radius 1 is 0.880 bits per heavy atom. The highest BCUT2D eigenvalue weighted by Gasteiger charge is 2.30. The molecule has 4 heteroatoms. The molecule has 0 spiro atoms. The molecule has 25 heavy (non-hydrogen) atoms. The van der Waals surface area contributed by atoms with E-state index in [2.05, 4.69) is 20.8 Å². The average molecular weight is 346 g/mol. The van der Waals surface area contributed by atoms with Crippen LogP contribution in [0.1, 0.15) is 67.2 Å². The van der Waals surface area contributed by atoms with E-state index in [1.807, 2.05) is 45.0 Å². The second-order valence-electron chi connectivity index (χ2n) is 9.32. The molecule has 1 aromatic rings. The molecule has 1 aromatic carbocycles. The topological polar surface area (TPSA) is 27.7 Å². The van der Waals surface area contributed by atoms with Crippen molar-refractivity contribution in [3.8, 4) is 5.75 Å². The monoisotopic (exact) mass is 346 g/mol. The van der Waals surface area contributed by atoms with Crippen LogP contribution in [0.2, 0.25) is 0 Å². The Bertz CT molecular complexity index is 520. The molecule has 0 aliphatic heterocycles. The Labute approximate surface area is 154 Å². The third-order valence-corrected chi connectivity index (χ3v) is 5.03. The Balaban J connectivity index is 1.90. The molecule has 1 aliphatic carbocycles. The third-order valence-electron chi connectivity index (χ3n) is 5.03. The molecule has 140 valence electrons. The summed E-state index contributed by atoms with van der Waals surface area (Å²) in [7, 11) is 1.32. The van der Waals surface area contributed by atoms with E-state index in [4.69, 9.17) is 14.0 Å². The van der Waals surface area contributed by atoms with Gasteiger partial charge in [-0.25, -0.2) is 0 Å². The highest BCUT2D eigenvalue weighted by Crippen LogP contribution is 2.38. The van der Waals surface area contributed by atoms with Crippen molar-refractivity contribution < 1.29 is 14.0 Å². The van der Waals surface area contributed by atoms with Gasteiger partial charge in [0.25, 0.3) is 0 Å². The first-order valence-electron chi connectivity index (χ1n) is 9.56. The van der Waals surface area contributed by atoms with Crippen LogP contribution in [-0.2, 0) is 9.31 Å². The van der Waals surface area contributed by atoms with Crippen LogP contribution in [0.25, 0.3) is 0 Å². The number of ether oxygens (including phenoxy) is 1. The lowest BCUT2D eigenvalue weighted by molar-refractivity contribution is 0.0882. The van der Waals surface area contributed by atoms with E-state index < -0.39 is 0 Å². The first-order valence-corrected chi connectivity index (χ1v) is 9.56. The van der Waals surface area contributed by atoms with Crippen LogP contribution in [0.15, 0.2) is 24.3 Å². The van der Waals surface area contributed by atoms with Crippen LogP contribution in [0.4, 0.5) is 0 Å². The van der Waals surface area contributed by atoms with Gasteiger partial charge in [0, 0.05) is 12.7 Å². The van der Waals surface area contributed by atoms with E-state index in [0.29, 0.717) is 11.5 Å². The maximum atomic E-state index is 6.20. The third kappa shape index (κ3) is 6.34. The lowest BCUT2D eigenvalue weighted by Crippen LogP contribution is -2.41. The number of rotatable bonds is 5. The summed E-state index contributed by atoms with van der Waals surface area (Å²) in [6, 6.07) is 8.14. The van der Waals surface area contributed by atoms with Gasteiger partial charge in [-0.2, -0.15) is 0 Å². The maximum absolute atomic E-state index is 6.20. The Hall–Kier alpha value is -0.995. The van der Waals surface area contributed by atoms with Gasteiger partial charge in [-0.05, 0) is 75.4 Å². The van der Waals surface area contributed by atoms with Crippen molar-refractivity contribution in [2.24, 2.45) is 11.3 Å². The molecule has 0 bridgehead atoms. The zero-order valence-corrected chi connectivity index (χ0v) is 17.1. The summed E-state index contributed by atoms with van der Waals surface area (Å²) >= 11 is 0. The summed E-state index contributed by atoms with van der Waals surface area (Å²) in [6.07, 6.45) is 5.16. The van der Waals surface area contributed by atoms with Gasteiger partial charge in [0.05, 0.1) is 6.10 Å². The van der Waals surface area contributed by atoms with Crippen molar-refractivity contribution in [2.45, 2.75) is 78.9 Å². The molecule has 1 fully saturated rings. The minimum atomic E-state index is -0.351. The fraction of sp³-hybridized carbons (Fsp3) is 0.714. The SMILES string of the molecule is COB(OC(C)(C)C)c1ccc(O[C@H]2CC[C@H](C(C)(C)C)CC2)cc1. The van der Waals surface area contributed by atoms with Crippen LogP contribution >= 0.6 is 0 Å². The van der Waals surface area contributed by atoms with E-state index in [1.54, 1.807) is 7.11 Å². The molecule has 0 radical (unpaired) electrons. The molecule has 1 aliphatic rings. The maximum Gasteiger partial charge on any atom is 0.494 e. The van der Waals surface area contributed by atoms with Crippen molar-refractivity contribution in [3.63, 3.8) is 0 Å². The van der Waals surface area contributed by atoms with Crippen molar-refractivity contribution in [3.05, 3.63) is 24.3 Å². The van der Waals surface area contributed by atoms with Gasteiger partial charge in [-0.15, -0.1) is 0 Å². The van der Waals surface area contributed by atoms with Crippen LogP contribution < -0.4 is 10.2 Å². The lowest BCUT2D eigenvalue weighted by atomic mass is 9.72. The minimum absolute atomic E-state index is 0.248. The Kier molecular flexibility index (Phi) is 6.61. The van der Waals surface area contributed by atoms with Gasteiger partial charge in [0.15, 0.2) is 0 Å². The zero-order valence-electron chi connectivity index (χ0n) is 17.1. The van der Waals surface area contributed by atoms with Crippen molar-refractivity contribution in [2.75, 3.05) is 7.11 Å². The van der Waals surface area contributed by atoms with Gasteiger partial charge < -0.3 is 14.0 Å². The largest absolute Gasteiger partial charge is 0.494 e. The molecule has 0 N–H and O–H groups in total. The van der Waals surface area contributed by atoms with Crippen LogP contribution in [0.3, 0.4) is 0 Å². The molecular weight excluding hydrogens is 311 g/mol. The van der Waals surface area contributed by atoms with E-state index in [9.17, 15) is 0 Å². The van der Waals surface area contributed by atoms with Crippen molar-refractivity contribution in [1.29, 1.82) is 0 Å². The molecule has 0 unspecified atom stereocenters. The van der Waals surface area contributed by atoms with E-state index in [0.717, 1.165) is 30.0 Å². The molecule has 0 amide bonds. The normalized spacial score (nSPS) is 21.9. The first-order chi connectivity index (χ1) is 11.6. The highest BCUT2D eigenvalue weighted by molar-refractivity contribution is 6.61. The van der Waals surface area contributed by atoms with Crippen molar-refractivity contribution in [1.82, 2.24) is 0 Å². The molecule has 3 nitrogen and oxygen atoms in total.